The Bertz CT molecular complexity index is 1180. The summed E-state index contributed by atoms with van der Waals surface area (Å²) in [5.74, 6) is -1.19. The summed E-state index contributed by atoms with van der Waals surface area (Å²) >= 11 is 4.24. The van der Waals surface area contributed by atoms with Crippen molar-refractivity contribution in [1.29, 1.82) is 0 Å². The summed E-state index contributed by atoms with van der Waals surface area (Å²) in [6.07, 6.45) is 3.86. The average Bonchev–Trinajstić information content (AvgIpc) is 3.15. The van der Waals surface area contributed by atoms with Crippen LogP contribution in [0.1, 0.15) is 20.9 Å². The molecule has 0 saturated heterocycles. The van der Waals surface area contributed by atoms with Crippen LogP contribution in [0, 0.1) is 10.1 Å². The number of benzene rings is 1. The number of nitrogens with zero attached hydrogens (tertiary/aromatic N) is 5. The van der Waals surface area contributed by atoms with Crippen LogP contribution in [-0.4, -0.2) is 43.2 Å². The number of nitro groups is 1. The lowest BCUT2D eigenvalue weighted by Gasteiger charge is -2.00. The molecular weight excluding hydrogens is 494 g/mol. The van der Waals surface area contributed by atoms with Gasteiger partial charge in [0.25, 0.3) is 11.6 Å². The van der Waals surface area contributed by atoms with E-state index in [9.17, 15) is 24.8 Å². The summed E-state index contributed by atoms with van der Waals surface area (Å²) in [4.78, 5) is 38.2. The number of carbonyl (C=O) groups is 2. The number of anilines is 1. The van der Waals surface area contributed by atoms with Crippen molar-refractivity contribution >= 4 is 56.1 Å². The van der Waals surface area contributed by atoms with Crippen molar-refractivity contribution in [2.75, 3.05) is 5.32 Å². The van der Waals surface area contributed by atoms with Crippen LogP contribution in [0.3, 0.4) is 0 Å². The fourth-order valence-corrected chi connectivity index (χ4v) is 3.29. The zero-order valence-corrected chi connectivity index (χ0v) is 17.8. The highest BCUT2D eigenvalue weighted by Crippen LogP contribution is 2.21. The van der Waals surface area contributed by atoms with Crippen molar-refractivity contribution in [1.82, 2.24) is 20.6 Å². The summed E-state index contributed by atoms with van der Waals surface area (Å²) < 4.78 is 0.647. The van der Waals surface area contributed by atoms with Crippen LogP contribution in [-0.2, 0) is 11.2 Å². The van der Waals surface area contributed by atoms with Crippen molar-refractivity contribution in [3.8, 4) is 5.75 Å². The molecule has 3 aromatic rings. The van der Waals surface area contributed by atoms with Crippen molar-refractivity contribution < 1.29 is 19.6 Å². The molecule has 3 rings (SSSR count). The maximum atomic E-state index is 12.2. The molecule has 0 radical (unpaired) electrons. The van der Waals surface area contributed by atoms with Crippen LogP contribution in [0.5, 0.6) is 5.75 Å². The Morgan fingerprint density at radius 2 is 2.10 bits per heavy atom. The molecule has 0 aliphatic heterocycles. The first-order valence-electron chi connectivity index (χ1n) is 8.35. The third-order valence-electron chi connectivity index (χ3n) is 3.58. The van der Waals surface area contributed by atoms with Crippen LogP contribution in [0.15, 0.2) is 46.2 Å². The number of pyridine rings is 1. The first-order chi connectivity index (χ1) is 14.8. The van der Waals surface area contributed by atoms with Gasteiger partial charge < -0.3 is 5.11 Å². The first kappa shape index (κ1) is 21.9. The highest BCUT2D eigenvalue weighted by Gasteiger charge is 2.13. The maximum absolute atomic E-state index is 12.2. The summed E-state index contributed by atoms with van der Waals surface area (Å²) in [5.41, 5.74) is 2.39. The molecule has 31 heavy (non-hydrogen) atoms. The maximum Gasteiger partial charge on any atom is 0.270 e. The lowest BCUT2D eigenvalue weighted by molar-refractivity contribution is -0.384. The van der Waals surface area contributed by atoms with Crippen LogP contribution in [0.4, 0.5) is 10.8 Å². The van der Waals surface area contributed by atoms with Gasteiger partial charge in [-0.05, 0) is 28.1 Å². The van der Waals surface area contributed by atoms with Gasteiger partial charge in [0.05, 0.1) is 23.1 Å². The Morgan fingerprint density at radius 1 is 1.29 bits per heavy atom. The summed E-state index contributed by atoms with van der Waals surface area (Å²) in [5, 5.41) is 34.9. The number of hydrogen-bond donors (Lipinski definition) is 3. The smallest absolute Gasteiger partial charge is 0.270 e. The lowest BCUT2D eigenvalue weighted by atomic mass is 10.2. The lowest BCUT2D eigenvalue weighted by Crippen LogP contribution is -2.19. The highest BCUT2D eigenvalue weighted by atomic mass is 79.9. The van der Waals surface area contributed by atoms with E-state index < -0.39 is 16.7 Å². The van der Waals surface area contributed by atoms with E-state index >= 15 is 0 Å². The monoisotopic (exact) mass is 505 g/mol. The number of halogens is 1. The van der Waals surface area contributed by atoms with Gasteiger partial charge in [0.15, 0.2) is 0 Å². The zero-order chi connectivity index (χ0) is 22.4. The van der Waals surface area contributed by atoms with E-state index in [1.165, 1.54) is 6.20 Å². The molecule has 0 atom stereocenters. The Hall–Kier alpha value is -3.78. The van der Waals surface area contributed by atoms with Gasteiger partial charge in [0, 0.05) is 34.6 Å². The minimum Gasteiger partial charge on any atom is -0.507 e. The molecule has 0 aliphatic carbocycles. The number of nitro benzene ring substituents is 1. The Balaban J connectivity index is 1.55. The Kier molecular flexibility index (Phi) is 6.94. The molecule has 158 valence electrons. The minimum absolute atomic E-state index is 0.0671. The van der Waals surface area contributed by atoms with Gasteiger partial charge in [-0.1, -0.05) is 11.3 Å². The average molecular weight is 506 g/mol. The molecule has 0 fully saturated rings. The first-order valence-corrected chi connectivity index (χ1v) is 9.96. The quantitative estimate of drug-likeness (QED) is 0.249. The number of nitrogens with one attached hydrogen (secondary N) is 2. The van der Waals surface area contributed by atoms with Crippen molar-refractivity contribution in [2.45, 2.75) is 6.42 Å². The van der Waals surface area contributed by atoms with Gasteiger partial charge in [-0.15, -0.1) is 10.2 Å². The molecule has 12 nitrogen and oxygen atoms in total. The number of amides is 2. The minimum atomic E-state index is -0.617. The SMILES string of the molecule is O=C(Cc1nnc(NC(=O)c2cncc(Br)c2)s1)N/N=C/c1cc([N+](=O)[O-])ccc1O. The van der Waals surface area contributed by atoms with Gasteiger partial charge in [-0.2, -0.15) is 5.10 Å². The predicted molar refractivity (Wildman–Crippen MR) is 114 cm³/mol. The summed E-state index contributed by atoms with van der Waals surface area (Å²) in [6.45, 7) is 0. The number of phenols is 1. The zero-order valence-electron chi connectivity index (χ0n) is 15.4. The third-order valence-corrected chi connectivity index (χ3v) is 4.85. The highest BCUT2D eigenvalue weighted by molar-refractivity contribution is 9.10. The Labute approximate surface area is 186 Å². The largest absolute Gasteiger partial charge is 0.507 e. The van der Waals surface area contributed by atoms with Gasteiger partial charge in [-0.25, -0.2) is 5.43 Å². The number of non-ortho nitro benzene ring substituents is 1. The van der Waals surface area contributed by atoms with E-state index in [4.69, 9.17) is 0 Å². The molecule has 2 aromatic heterocycles. The fraction of sp³-hybridized carbons (Fsp3) is 0.0588. The number of rotatable bonds is 7. The molecule has 14 heteroatoms. The second-order valence-electron chi connectivity index (χ2n) is 5.82. The van der Waals surface area contributed by atoms with Crippen molar-refractivity contribution in [3.05, 3.63) is 67.4 Å². The molecule has 2 heterocycles. The number of carbonyl (C=O) groups excluding carboxylic acids is 2. The molecule has 2 amide bonds. The standard InChI is InChI=1S/C17H12BrN7O5S/c18-11-3-10(6-19-8-11)16(28)21-17-24-23-15(31-17)5-14(27)22-20-7-9-4-12(25(29)30)1-2-13(9)26/h1-4,6-8,26H,5H2,(H,22,27)(H,21,24,28)/b20-7+. The van der Waals surface area contributed by atoms with E-state index in [1.807, 2.05) is 0 Å². The normalized spacial score (nSPS) is 10.7. The number of aromatic nitrogens is 3. The van der Waals surface area contributed by atoms with E-state index in [1.54, 1.807) is 12.3 Å². The molecule has 0 unspecified atom stereocenters. The Morgan fingerprint density at radius 3 is 2.84 bits per heavy atom. The van der Waals surface area contributed by atoms with Gasteiger partial charge in [-0.3, -0.25) is 30.0 Å². The van der Waals surface area contributed by atoms with Crippen molar-refractivity contribution in [2.24, 2.45) is 5.10 Å². The number of hydrazone groups is 1. The van der Waals surface area contributed by atoms with E-state index in [-0.39, 0.29) is 28.6 Å². The summed E-state index contributed by atoms with van der Waals surface area (Å²) in [6, 6.07) is 5.01. The van der Waals surface area contributed by atoms with Crippen LogP contribution in [0.25, 0.3) is 0 Å². The number of phenolic OH excluding ortho intramolecular Hbond substituents is 1. The van der Waals surface area contributed by atoms with E-state index in [0.29, 0.717) is 15.0 Å². The number of aromatic hydroxyl groups is 1. The third kappa shape index (κ3) is 6.10. The fourth-order valence-electron chi connectivity index (χ4n) is 2.19. The summed E-state index contributed by atoms with van der Waals surface area (Å²) in [7, 11) is 0. The van der Waals surface area contributed by atoms with Crippen LogP contribution < -0.4 is 10.7 Å². The van der Waals surface area contributed by atoms with Crippen molar-refractivity contribution in [3.63, 3.8) is 0 Å². The topological polar surface area (TPSA) is 173 Å². The predicted octanol–water partition coefficient (Wildman–Crippen LogP) is 2.25. The van der Waals surface area contributed by atoms with Gasteiger partial charge >= 0.3 is 0 Å². The number of hydrogen-bond acceptors (Lipinski definition) is 10. The van der Waals surface area contributed by atoms with Crippen LogP contribution in [0.2, 0.25) is 0 Å². The molecule has 0 bridgehead atoms. The molecular formula is C17H12BrN7O5S. The van der Waals surface area contributed by atoms with Gasteiger partial charge in [0.2, 0.25) is 11.0 Å². The molecule has 1 aromatic carbocycles. The van der Waals surface area contributed by atoms with Gasteiger partial charge in [0.1, 0.15) is 10.8 Å². The second kappa shape index (κ2) is 9.82. The van der Waals surface area contributed by atoms with E-state index in [2.05, 4.69) is 47.0 Å². The molecule has 3 N–H and O–H groups in total. The molecule has 0 saturated carbocycles. The van der Waals surface area contributed by atoms with Crippen LogP contribution >= 0.6 is 27.3 Å². The van der Waals surface area contributed by atoms with E-state index in [0.717, 1.165) is 35.8 Å². The molecule has 0 aliphatic rings. The second-order valence-corrected chi connectivity index (χ2v) is 7.79. The molecule has 0 spiro atoms.